The fourth-order valence-corrected chi connectivity index (χ4v) is 4.60. The van der Waals surface area contributed by atoms with E-state index in [1.807, 2.05) is 24.3 Å². The first-order chi connectivity index (χ1) is 15.0. The lowest BCUT2D eigenvalue weighted by Gasteiger charge is -2.36. The summed E-state index contributed by atoms with van der Waals surface area (Å²) < 4.78 is 10.5. The van der Waals surface area contributed by atoms with Crippen LogP contribution >= 0.6 is 11.3 Å². The summed E-state index contributed by atoms with van der Waals surface area (Å²) >= 11 is 1.08. The number of carbonyl (C=O) groups excluding carboxylic acids is 2. The topological polar surface area (TPSA) is 94.9 Å². The van der Waals surface area contributed by atoms with Crippen molar-refractivity contribution in [3.05, 3.63) is 40.3 Å². The van der Waals surface area contributed by atoms with Gasteiger partial charge >= 0.3 is 5.97 Å². The van der Waals surface area contributed by atoms with Gasteiger partial charge in [-0.2, -0.15) is 5.26 Å². The van der Waals surface area contributed by atoms with E-state index < -0.39 is 5.97 Å². The summed E-state index contributed by atoms with van der Waals surface area (Å²) in [5, 5.41) is 12.7. The molecular weight excluding hydrogens is 416 g/mol. The maximum absolute atomic E-state index is 12.6. The van der Waals surface area contributed by atoms with Gasteiger partial charge in [-0.15, -0.1) is 11.3 Å². The van der Waals surface area contributed by atoms with Gasteiger partial charge in [0.15, 0.2) is 0 Å². The first-order valence-corrected chi connectivity index (χ1v) is 10.9. The van der Waals surface area contributed by atoms with Gasteiger partial charge in [-0.25, -0.2) is 4.79 Å². The highest BCUT2D eigenvalue weighted by atomic mass is 32.1. The predicted molar refractivity (Wildman–Crippen MR) is 120 cm³/mol. The zero-order valence-corrected chi connectivity index (χ0v) is 18.8. The Kier molecular flexibility index (Phi) is 7.50. The molecule has 1 aliphatic heterocycles. The van der Waals surface area contributed by atoms with Crippen LogP contribution < -0.4 is 15.0 Å². The van der Waals surface area contributed by atoms with Crippen molar-refractivity contribution in [1.82, 2.24) is 4.90 Å². The van der Waals surface area contributed by atoms with Gasteiger partial charge in [0.05, 0.1) is 31.5 Å². The number of esters is 1. The first-order valence-electron chi connectivity index (χ1n) is 10.1. The van der Waals surface area contributed by atoms with Crippen molar-refractivity contribution in [2.45, 2.75) is 13.8 Å². The van der Waals surface area contributed by atoms with Crippen molar-refractivity contribution >= 4 is 33.9 Å². The van der Waals surface area contributed by atoms with E-state index >= 15 is 0 Å². The van der Waals surface area contributed by atoms with Crippen molar-refractivity contribution in [1.29, 1.82) is 5.26 Å². The summed E-state index contributed by atoms with van der Waals surface area (Å²) in [4.78, 5) is 29.4. The second kappa shape index (κ2) is 10.3. The fourth-order valence-electron chi connectivity index (χ4n) is 3.53. The minimum atomic E-state index is -0.477. The van der Waals surface area contributed by atoms with Crippen LogP contribution in [0.4, 0.5) is 10.7 Å². The third-order valence-corrected chi connectivity index (χ3v) is 6.33. The summed E-state index contributed by atoms with van der Waals surface area (Å²) in [6.45, 7) is 6.90. The summed E-state index contributed by atoms with van der Waals surface area (Å²) in [5.74, 6) is 0.150. The van der Waals surface area contributed by atoms with Crippen molar-refractivity contribution in [3.8, 4) is 11.8 Å². The van der Waals surface area contributed by atoms with E-state index in [2.05, 4.69) is 21.2 Å². The van der Waals surface area contributed by atoms with E-state index in [4.69, 9.17) is 9.47 Å². The van der Waals surface area contributed by atoms with Crippen LogP contribution in [0.15, 0.2) is 24.3 Å². The smallest absolute Gasteiger partial charge is 0.348 e. The number of ether oxygens (including phenoxy) is 2. The number of thiophene rings is 1. The lowest BCUT2D eigenvalue weighted by Crippen LogP contribution is -2.48. The van der Waals surface area contributed by atoms with Crippen molar-refractivity contribution < 1.29 is 19.1 Å². The molecule has 3 rings (SSSR count). The maximum atomic E-state index is 12.6. The van der Waals surface area contributed by atoms with Gasteiger partial charge < -0.3 is 19.7 Å². The minimum absolute atomic E-state index is 0.209. The molecule has 1 amide bonds. The van der Waals surface area contributed by atoms with Crippen molar-refractivity contribution in [2.75, 3.05) is 56.7 Å². The Hall–Kier alpha value is -3.09. The molecule has 0 aliphatic carbocycles. The van der Waals surface area contributed by atoms with Crippen molar-refractivity contribution in [3.63, 3.8) is 0 Å². The summed E-state index contributed by atoms with van der Waals surface area (Å²) in [6, 6.07) is 9.98. The summed E-state index contributed by atoms with van der Waals surface area (Å²) in [6.07, 6.45) is 0. The highest BCUT2D eigenvalue weighted by Gasteiger charge is 2.24. The Morgan fingerprint density at radius 3 is 2.58 bits per heavy atom. The number of nitriles is 1. The number of rotatable bonds is 7. The second-order valence-corrected chi connectivity index (χ2v) is 8.10. The molecule has 1 N–H and O–H groups in total. The molecule has 0 bridgehead atoms. The predicted octanol–water partition coefficient (Wildman–Crippen LogP) is 2.87. The second-order valence-electron chi connectivity index (χ2n) is 7.08. The van der Waals surface area contributed by atoms with Crippen LogP contribution in [0.25, 0.3) is 0 Å². The normalized spacial score (nSPS) is 14.1. The van der Waals surface area contributed by atoms with Gasteiger partial charge in [-0.05, 0) is 31.5 Å². The summed E-state index contributed by atoms with van der Waals surface area (Å²) in [5.41, 5.74) is 1.89. The Bertz CT molecular complexity index is 990. The zero-order chi connectivity index (χ0) is 22.4. The van der Waals surface area contributed by atoms with E-state index in [1.54, 1.807) is 21.0 Å². The average Bonchev–Trinajstić information content (AvgIpc) is 3.09. The van der Waals surface area contributed by atoms with Crippen LogP contribution in [0, 0.1) is 18.3 Å². The largest absolute Gasteiger partial charge is 0.495 e. The molecule has 2 heterocycles. The number of nitrogens with zero attached hydrogens (tertiary/aromatic N) is 3. The van der Waals surface area contributed by atoms with Crippen LogP contribution in [-0.4, -0.2) is 63.2 Å². The Labute approximate surface area is 186 Å². The lowest BCUT2D eigenvalue weighted by molar-refractivity contribution is -0.117. The summed E-state index contributed by atoms with van der Waals surface area (Å²) in [7, 11) is 1.66. The molecule has 0 atom stereocenters. The molecule has 1 saturated heterocycles. The average molecular weight is 443 g/mol. The number of hydrogen-bond donors (Lipinski definition) is 1. The van der Waals surface area contributed by atoms with Crippen LogP contribution in [0.1, 0.15) is 27.7 Å². The molecule has 0 unspecified atom stereocenters. The molecule has 31 heavy (non-hydrogen) atoms. The molecule has 1 fully saturated rings. The molecule has 1 aromatic heterocycles. The number of carbonyl (C=O) groups is 2. The number of para-hydroxylation sites is 2. The Morgan fingerprint density at radius 1 is 1.23 bits per heavy atom. The first kappa shape index (κ1) is 22.6. The molecule has 0 spiro atoms. The van der Waals surface area contributed by atoms with Crippen LogP contribution in [-0.2, 0) is 9.53 Å². The van der Waals surface area contributed by atoms with Crippen LogP contribution in [0.2, 0.25) is 0 Å². The third kappa shape index (κ3) is 5.16. The molecule has 1 aromatic carbocycles. The maximum Gasteiger partial charge on any atom is 0.348 e. The Balaban J connectivity index is 1.59. The van der Waals surface area contributed by atoms with E-state index in [1.165, 1.54) is 0 Å². The van der Waals surface area contributed by atoms with Gasteiger partial charge in [0.25, 0.3) is 0 Å². The zero-order valence-electron chi connectivity index (χ0n) is 17.9. The number of nitrogens with one attached hydrogen (secondary N) is 1. The molecule has 8 nitrogen and oxygen atoms in total. The highest BCUT2D eigenvalue weighted by Crippen LogP contribution is 2.33. The van der Waals surface area contributed by atoms with Crippen molar-refractivity contribution in [2.24, 2.45) is 0 Å². The number of amides is 1. The number of piperazine rings is 1. The number of hydrogen-bond acceptors (Lipinski definition) is 8. The molecule has 164 valence electrons. The number of benzene rings is 1. The molecule has 0 radical (unpaired) electrons. The van der Waals surface area contributed by atoms with Crippen LogP contribution in [0.5, 0.6) is 5.75 Å². The highest BCUT2D eigenvalue weighted by molar-refractivity contribution is 7.18. The van der Waals surface area contributed by atoms with E-state index in [-0.39, 0.29) is 19.1 Å². The van der Waals surface area contributed by atoms with Crippen LogP contribution in [0.3, 0.4) is 0 Å². The monoisotopic (exact) mass is 442 g/mol. The Morgan fingerprint density at radius 2 is 1.94 bits per heavy atom. The number of methoxy groups -OCH3 is 1. The lowest BCUT2D eigenvalue weighted by atomic mass is 10.2. The van der Waals surface area contributed by atoms with E-state index in [0.29, 0.717) is 21.0 Å². The quantitative estimate of drug-likeness (QED) is 0.659. The standard InChI is InChI=1S/C22H26N4O4S/c1-4-30-22(28)20-15(2)16(13-23)21(31-20)24-19(27)14-25-9-11-26(12-10-25)17-7-5-6-8-18(17)29-3/h5-8H,4,9-12,14H2,1-3H3,(H,24,27). The van der Waals surface area contributed by atoms with E-state index in [0.717, 1.165) is 49.0 Å². The van der Waals surface area contributed by atoms with Gasteiger partial charge in [-0.3, -0.25) is 9.69 Å². The third-order valence-electron chi connectivity index (χ3n) is 5.14. The molecule has 1 aliphatic rings. The molecule has 2 aromatic rings. The molecular formula is C22H26N4O4S. The van der Waals surface area contributed by atoms with Gasteiger partial charge in [-0.1, -0.05) is 12.1 Å². The van der Waals surface area contributed by atoms with Gasteiger partial charge in [0.2, 0.25) is 5.91 Å². The SMILES string of the molecule is CCOC(=O)c1sc(NC(=O)CN2CCN(c3ccccc3OC)CC2)c(C#N)c1C. The molecule has 9 heteroatoms. The van der Waals surface area contributed by atoms with Gasteiger partial charge in [0, 0.05) is 26.2 Å². The number of anilines is 2. The van der Waals surface area contributed by atoms with E-state index in [9.17, 15) is 14.9 Å². The van der Waals surface area contributed by atoms with Gasteiger partial charge in [0.1, 0.15) is 21.7 Å². The molecule has 0 saturated carbocycles. The minimum Gasteiger partial charge on any atom is -0.495 e. The fraction of sp³-hybridized carbons (Fsp3) is 0.409.